The van der Waals surface area contributed by atoms with Crippen molar-refractivity contribution >= 4 is 5.91 Å². The fraction of sp³-hybridized carbons (Fsp3) is 0.300. The Hall–Kier alpha value is -1.85. The van der Waals surface area contributed by atoms with Gasteiger partial charge in [0.05, 0.1) is 0 Å². The molecule has 1 saturated heterocycles. The molecule has 1 fully saturated rings. The second-order valence-electron chi connectivity index (χ2n) is 3.62. The van der Waals surface area contributed by atoms with E-state index >= 15 is 0 Å². The van der Waals surface area contributed by atoms with Gasteiger partial charge in [0.1, 0.15) is 11.6 Å². The fourth-order valence-corrected chi connectivity index (χ4v) is 1.85. The van der Waals surface area contributed by atoms with Crippen molar-refractivity contribution in [3.05, 3.63) is 23.5 Å². The van der Waals surface area contributed by atoms with Crippen LogP contribution in [0.4, 0.5) is 8.92 Å². The van der Waals surface area contributed by atoms with Gasteiger partial charge in [-0.2, -0.15) is 0 Å². The molecule has 0 radical (unpaired) electrons. The van der Waals surface area contributed by atoms with Crippen LogP contribution in [0.5, 0.6) is 11.5 Å². The number of rotatable bonds is 2. The van der Waals surface area contributed by atoms with Gasteiger partial charge in [-0.3, -0.25) is 9.74 Å². The Kier molecular flexibility index (Phi) is 2.64. The minimum Gasteiger partial charge on any atom is -0.508 e. The molecule has 0 aliphatic carbocycles. The second-order valence-corrected chi connectivity index (χ2v) is 3.62. The smallest absolute Gasteiger partial charge is 0.220 e. The van der Waals surface area contributed by atoms with E-state index in [4.69, 9.17) is 5.11 Å². The first-order valence-corrected chi connectivity index (χ1v) is 4.69. The fourth-order valence-electron chi connectivity index (χ4n) is 1.85. The molecule has 2 N–H and O–H groups in total. The first-order chi connectivity index (χ1) is 7.61. The number of hydrogen-bond acceptors (Lipinski definition) is 3. The van der Waals surface area contributed by atoms with E-state index in [9.17, 15) is 13.7 Å². The molecule has 1 heterocycles. The summed E-state index contributed by atoms with van der Waals surface area (Å²) in [6.07, 6.45) is 0.0814. The lowest BCUT2D eigenvalue weighted by Crippen LogP contribution is -2.14. The number of carbonyl (C=O) groups is 1. The van der Waals surface area contributed by atoms with Crippen LogP contribution in [0.1, 0.15) is 17.9 Å². The average Bonchev–Trinajstić information content (AvgIpc) is 2.63. The zero-order valence-corrected chi connectivity index (χ0v) is 8.17. The molecule has 1 aromatic rings. The van der Waals surface area contributed by atoms with E-state index in [1.165, 1.54) is 0 Å². The number of phenolic OH excluding ortho intramolecular Hbond substituents is 1. The van der Waals surface area contributed by atoms with Crippen molar-refractivity contribution in [2.75, 3.05) is 6.54 Å². The zero-order valence-electron chi connectivity index (χ0n) is 8.17. The van der Waals surface area contributed by atoms with Gasteiger partial charge in [-0.15, -0.1) is 0 Å². The van der Waals surface area contributed by atoms with Crippen LogP contribution in [-0.2, 0) is 4.79 Å². The van der Waals surface area contributed by atoms with Crippen molar-refractivity contribution < 1.29 is 23.8 Å². The van der Waals surface area contributed by atoms with E-state index in [2.05, 4.69) is 10.3 Å². The first-order valence-electron chi connectivity index (χ1n) is 4.69. The minimum absolute atomic E-state index is 0.0290. The topological polar surface area (TPSA) is 58.6 Å². The van der Waals surface area contributed by atoms with Gasteiger partial charge in [0.15, 0.2) is 5.75 Å². The number of carbonyl (C=O) groups excluding carboxylic acids is 1. The monoisotopic (exact) mass is 229 g/mol. The summed E-state index contributed by atoms with van der Waals surface area (Å²) in [6.45, 7) is 0.233. The molecule has 0 unspecified atom stereocenters. The molecule has 16 heavy (non-hydrogen) atoms. The Bertz CT molecular complexity index is 436. The third-order valence-corrected chi connectivity index (χ3v) is 2.55. The highest BCUT2D eigenvalue weighted by Crippen LogP contribution is 2.36. The quantitative estimate of drug-likeness (QED) is 0.805. The van der Waals surface area contributed by atoms with Crippen LogP contribution in [0.15, 0.2) is 12.1 Å². The van der Waals surface area contributed by atoms with Gasteiger partial charge in [-0.25, -0.2) is 4.39 Å². The molecule has 0 saturated carbocycles. The summed E-state index contributed by atoms with van der Waals surface area (Å²) >= 11 is 0. The minimum atomic E-state index is -0.783. The van der Waals surface area contributed by atoms with Gasteiger partial charge >= 0.3 is 0 Å². The van der Waals surface area contributed by atoms with E-state index in [1.807, 2.05) is 0 Å². The highest BCUT2D eigenvalue weighted by atomic mass is 19.3. The summed E-state index contributed by atoms with van der Waals surface area (Å²) < 4.78 is 25.7. The molecule has 0 bridgehead atoms. The maximum Gasteiger partial charge on any atom is 0.220 e. The molecule has 1 atom stereocenters. The molecule has 86 valence electrons. The highest BCUT2D eigenvalue weighted by Gasteiger charge is 2.29. The molecule has 1 aromatic carbocycles. The normalized spacial score (nSPS) is 19.6. The van der Waals surface area contributed by atoms with Crippen LogP contribution in [0.3, 0.4) is 0 Å². The van der Waals surface area contributed by atoms with Crippen molar-refractivity contribution in [1.29, 1.82) is 0 Å². The molecular formula is C10H9F2NO3. The van der Waals surface area contributed by atoms with Crippen LogP contribution in [-0.4, -0.2) is 17.6 Å². The maximum atomic E-state index is 13.5. The van der Waals surface area contributed by atoms with Crippen molar-refractivity contribution in [2.45, 2.75) is 12.3 Å². The lowest BCUT2D eigenvalue weighted by Gasteiger charge is -2.12. The lowest BCUT2D eigenvalue weighted by atomic mass is 9.96. The lowest BCUT2D eigenvalue weighted by molar-refractivity contribution is -0.119. The molecule has 1 aliphatic heterocycles. The van der Waals surface area contributed by atoms with Gasteiger partial charge in [-0.1, -0.05) is 0 Å². The van der Waals surface area contributed by atoms with Gasteiger partial charge in [0.25, 0.3) is 0 Å². The predicted molar refractivity (Wildman–Crippen MR) is 50.2 cm³/mol. The summed E-state index contributed by atoms with van der Waals surface area (Å²) in [6, 6.07) is 1.84. The molecule has 1 aliphatic rings. The Morgan fingerprint density at radius 1 is 1.50 bits per heavy atom. The van der Waals surface area contributed by atoms with E-state index in [0.717, 1.165) is 12.1 Å². The molecule has 2 rings (SSSR count). The van der Waals surface area contributed by atoms with Crippen LogP contribution < -0.4 is 10.3 Å². The Labute approximate surface area is 89.7 Å². The van der Waals surface area contributed by atoms with Crippen LogP contribution >= 0.6 is 0 Å². The van der Waals surface area contributed by atoms with E-state index in [1.54, 1.807) is 0 Å². The third-order valence-electron chi connectivity index (χ3n) is 2.55. The Morgan fingerprint density at radius 2 is 2.25 bits per heavy atom. The number of amides is 1. The largest absolute Gasteiger partial charge is 0.508 e. The van der Waals surface area contributed by atoms with E-state index in [-0.39, 0.29) is 30.2 Å². The number of hydrogen-bond donors (Lipinski definition) is 2. The number of benzene rings is 1. The summed E-state index contributed by atoms with van der Waals surface area (Å²) in [4.78, 5) is 14.5. The average molecular weight is 229 g/mol. The maximum absolute atomic E-state index is 13.5. The molecule has 1 amide bonds. The highest BCUT2D eigenvalue weighted by molar-refractivity contribution is 5.79. The third kappa shape index (κ3) is 1.78. The van der Waals surface area contributed by atoms with E-state index < -0.39 is 17.5 Å². The van der Waals surface area contributed by atoms with Gasteiger partial charge < -0.3 is 10.4 Å². The van der Waals surface area contributed by atoms with Gasteiger partial charge in [0.2, 0.25) is 5.91 Å². The molecule has 0 spiro atoms. The summed E-state index contributed by atoms with van der Waals surface area (Å²) in [5.74, 6) is -2.29. The summed E-state index contributed by atoms with van der Waals surface area (Å²) in [5, 5.41) is 11.6. The van der Waals surface area contributed by atoms with Crippen molar-refractivity contribution in [3.63, 3.8) is 0 Å². The first kappa shape index (κ1) is 10.7. The number of aromatic hydroxyl groups is 1. The molecule has 6 heteroatoms. The van der Waals surface area contributed by atoms with Crippen LogP contribution in [0.2, 0.25) is 0 Å². The summed E-state index contributed by atoms with van der Waals surface area (Å²) in [5.41, 5.74) is -0.0290. The standard InChI is InChI=1S/C10H9F2NO3/c11-7-2-6(14)3-8(16-12)10(7)5-1-9(15)13-4-5/h2-3,5,14H,1,4H2,(H,13,15)/t5-/m0/s1. The number of halogens is 2. The van der Waals surface area contributed by atoms with Crippen molar-refractivity contribution in [1.82, 2.24) is 5.32 Å². The van der Waals surface area contributed by atoms with Crippen LogP contribution in [0.25, 0.3) is 0 Å². The van der Waals surface area contributed by atoms with Crippen molar-refractivity contribution in [2.24, 2.45) is 0 Å². The Balaban J connectivity index is 2.42. The van der Waals surface area contributed by atoms with Crippen molar-refractivity contribution in [3.8, 4) is 11.5 Å². The SMILES string of the molecule is O=C1C[C@H](c2c(F)cc(O)cc2OF)CN1. The van der Waals surface area contributed by atoms with Gasteiger partial charge in [0, 0.05) is 41.1 Å². The summed E-state index contributed by atoms with van der Waals surface area (Å²) in [7, 11) is 0. The number of nitrogens with one attached hydrogen (secondary N) is 1. The molecule has 0 aromatic heterocycles. The molecule has 4 nitrogen and oxygen atoms in total. The Morgan fingerprint density at radius 3 is 2.81 bits per heavy atom. The van der Waals surface area contributed by atoms with E-state index in [0.29, 0.717) is 0 Å². The molecular weight excluding hydrogens is 220 g/mol. The zero-order chi connectivity index (χ0) is 11.7. The van der Waals surface area contributed by atoms with Gasteiger partial charge in [-0.05, 0) is 0 Å². The predicted octanol–water partition coefficient (Wildman–Crippen LogP) is 1.40. The second kappa shape index (κ2) is 3.96. The number of phenols is 1. The van der Waals surface area contributed by atoms with Crippen LogP contribution in [0, 0.1) is 5.82 Å².